The van der Waals surface area contributed by atoms with Gasteiger partial charge in [0.05, 0.1) is 23.3 Å². The van der Waals surface area contributed by atoms with E-state index in [-0.39, 0.29) is 11.3 Å². The Hall–Kier alpha value is -2.44. The number of nitrogens with two attached hydrogens (primary N) is 1. The van der Waals surface area contributed by atoms with Gasteiger partial charge in [-0.2, -0.15) is 9.78 Å². The van der Waals surface area contributed by atoms with E-state index in [1.54, 1.807) is 13.8 Å². The standard InChI is InChI=1S/C10H11N5O2/c1-5-9(11)6(2)15(14-5)10(17)7-3-13-8(16)4-12-7/h3-4H,11H2,1-2H3,(H,13,16). The van der Waals surface area contributed by atoms with Crippen molar-refractivity contribution in [2.24, 2.45) is 0 Å². The topological polar surface area (TPSA) is 107 Å². The van der Waals surface area contributed by atoms with Crippen molar-refractivity contribution in [2.45, 2.75) is 13.8 Å². The number of H-pyrrole nitrogens is 1. The molecule has 0 saturated carbocycles. The van der Waals surface area contributed by atoms with Gasteiger partial charge in [-0.1, -0.05) is 0 Å². The average Bonchev–Trinajstić information content (AvgIpc) is 2.57. The summed E-state index contributed by atoms with van der Waals surface area (Å²) in [5.41, 5.74) is 7.08. The molecule has 0 aliphatic heterocycles. The van der Waals surface area contributed by atoms with Crippen molar-refractivity contribution in [2.75, 3.05) is 5.73 Å². The van der Waals surface area contributed by atoms with E-state index in [1.165, 1.54) is 10.9 Å². The molecule has 0 atom stereocenters. The Balaban J connectivity index is 2.47. The third-order valence-electron chi connectivity index (χ3n) is 2.43. The summed E-state index contributed by atoms with van der Waals surface area (Å²) in [5, 5.41) is 4.02. The average molecular weight is 233 g/mol. The Labute approximate surface area is 96.3 Å². The zero-order valence-corrected chi connectivity index (χ0v) is 9.39. The van der Waals surface area contributed by atoms with Crippen molar-refractivity contribution in [1.82, 2.24) is 19.7 Å². The second-order valence-electron chi connectivity index (χ2n) is 3.60. The van der Waals surface area contributed by atoms with Gasteiger partial charge in [0.25, 0.3) is 11.5 Å². The zero-order valence-electron chi connectivity index (χ0n) is 9.39. The number of nitrogens with zero attached hydrogens (tertiary/aromatic N) is 3. The maximum Gasteiger partial charge on any atom is 0.298 e. The van der Waals surface area contributed by atoms with Crippen LogP contribution >= 0.6 is 0 Å². The van der Waals surface area contributed by atoms with E-state index >= 15 is 0 Å². The number of carbonyl (C=O) groups is 1. The molecule has 3 N–H and O–H groups in total. The van der Waals surface area contributed by atoms with Crippen molar-refractivity contribution in [3.8, 4) is 0 Å². The van der Waals surface area contributed by atoms with E-state index in [4.69, 9.17) is 5.73 Å². The number of aromatic nitrogens is 4. The molecule has 0 saturated heterocycles. The molecule has 7 nitrogen and oxygen atoms in total. The fraction of sp³-hybridized carbons (Fsp3) is 0.200. The lowest BCUT2D eigenvalue weighted by atomic mass is 10.3. The summed E-state index contributed by atoms with van der Waals surface area (Å²) in [4.78, 5) is 29.0. The summed E-state index contributed by atoms with van der Waals surface area (Å²) >= 11 is 0. The predicted molar refractivity (Wildman–Crippen MR) is 60.7 cm³/mol. The predicted octanol–water partition coefficient (Wildman–Crippen LogP) is -0.146. The van der Waals surface area contributed by atoms with Crippen molar-refractivity contribution >= 4 is 11.6 Å². The molecule has 2 heterocycles. The minimum absolute atomic E-state index is 0.107. The van der Waals surface area contributed by atoms with Gasteiger partial charge < -0.3 is 10.7 Å². The van der Waals surface area contributed by atoms with Crippen LogP contribution in [0.1, 0.15) is 21.9 Å². The summed E-state index contributed by atoms with van der Waals surface area (Å²) in [6, 6.07) is 0. The van der Waals surface area contributed by atoms with Crippen molar-refractivity contribution in [3.63, 3.8) is 0 Å². The summed E-state index contributed by atoms with van der Waals surface area (Å²) in [6.07, 6.45) is 2.29. The molecule has 0 aromatic carbocycles. The number of carbonyl (C=O) groups excluding carboxylic acids is 1. The van der Waals surface area contributed by atoms with E-state index in [0.29, 0.717) is 17.1 Å². The zero-order chi connectivity index (χ0) is 12.6. The first-order valence-corrected chi connectivity index (χ1v) is 4.92. The number of hydrogen-bond acceptors (Lipinski definition) is 5. The highest BCUT2D eigenvalue weighted by atomic mass is 16.2. The van der Waals surface area contributed by atoms with Crippen LogP contribution in [0.5, 0.6) is 0 Å². The lowest BCUT2D eigenvalue weighted by Gasteiger charge is -2.01. The third-order valence-corrected chi connectivity index (χ3v) is 2.43. The minimum Gasteiger partial charge on any atom is -0.396 e. The van der Waals surface area contributed by atoms with E-state index in [0.717, 1.165) is 6.20 Å². The molecule has 17 heavy (non-hydrogen) atoms. The Morgan fingerprint density at radius 1 is 1.47 bits per heavy atom. The van der Waals surface area contributed by atoms with Gasteiger partial charge in [-0.3, -0.25) is 9.59 Å². The van der Waals surface area contributed by atoms with Crippen LogP contribution in [0.2, 0.25) is 0 Å². The molecule has 7 heteroatoms. The molecule has 0 amide bonds. The Bertz CT molecular complexity index is 620. The van der Waals surface area contributed by atoms with Gasteiger partial charge in [-0.15, -0.1) is 0 Å². The van der Waals surface area contributed by atoms with Gasteiger partial charge in [0.2, 0.25) is 0 Å². The monoisotopic (exact) mass is 233 g/mol. The smallest absolute Gasteiger partial charge is 0.298 e. The van der Waals surface area contributed by atoms with E-state index < -0.39 is 5.91 Å². The van der Waals surface area contributed by atoms with E-state index in [9.17, 15) is 9.59 Å². The Kier molecular flexibility index (Phi) is 2.51. The van der Waals surface area contributed by atoms with Gasteiger partial charge in [-0.25, -0.2) is 4.98 Å². The number of nitrogen functional groups attached to an aromatic ring is 1. The van der Waals surface area contributed by atoms with Gasteiger partial charge in [0.1, 0.15) is 5.69 Å². The molecule has 0 fully saturated rings. The first-order valence-electron chi connectivity index (χ1n) is 4.92. The van der Waals surface area contributed by atoms with Crippen LogP contribution in [-0.2, 0) is 0 Å². The molecular formula is C10H11N5O2. The Morgan fingerprint density at radius 2 is 2.18 bits per heavy atom. The first-order chi connectivity index (χ1) is 8.00. The molecule has 2 rings (SSSR count). The van der Waals surface area contributed by atoms with Crippen LogP contribution in [0, 0.1) is 13.8 Å². The molecule has 0 bridgehead atoms. The quantitative estimate of drug-likeness (QED) is 0.712. The normalized spacial score (nSPS) is 10.5. The molecule has 88 valence electrons. The van der Waals surface area contributed by atoms with E-state index in [2.05, 4.69) is 15.1 Å². The Morgan fingerprint density at radius 3 is 2.65 bits per heavy atom. The number of hydrogen-bond donors (Lipinski definition) is 2. The summed E-state index contributed by atoms with van der Waals surface area (Å²) in [6.45, 7) is 3.41. The van der Waals surface area contributed by atoms with Gasteiger partial charge in [0.15, 0.2) is 0 Å². The largest absolute Gasteiger partial charge is 0.396 e. The van der Waals surface area contributed by atoms with Crippen molar-refractivity contribution in [1.29, 1.82) is 0 Å². The summed E-state index contributed by atoms with van der Waals surface area (Å²) in [7, 11) is 0. The third kappa shape index (κ3) is 1.82. The number of rotatable bonds is 1. The van der Waals surface area contributed by atoms with E-state index in [1.807, 2.05) is 0 Å². The second-order valence-corrected chi connectivity index (χ2v) is 3.60. The second kappa shape index (κ2) is 3.85. The van der Waals surface area contributed by atoms with Crippen LogP contribution < -0.4 is 11.3 Å². The van der Waals surface area contributed by atoms with Crippen molar-refractivity contribution < 1.29 is 4.79 Å². The fourth-order valence-corrected chi connectivity index (χ4v) is 1.42. The summed E-state index contributed by atoms with van der Waals surface area (Å²) < 4.78 is 1.17. The molecular weight excluding hydrogens is 222 g/mol. The van der Waals surface area contributed by atoms with Crippen molar-refractivity contribution in [3.05, 3.63) is 39.8 Å². The molecule has 0 spiro atoms. The molecule has 0 aliphatic rings. The number of nitrogens with one attached hydrogen (secondary N) is 1. The first kappa shape index (κ1) is 11.1. The number of aromatic amines is 1. The fourth-order valence-electron chi connectivity index (χ4n) is 1.42. The maximum atomic E-state index is 12.0. The van der Waals surface area contributed by atoms with Crippen LogP contribution in [0.4, 0.5) is 5.69 Å². The lowest BCUT2D eigenvalue weighted by molar-refractivity contribution is 0.0937. The SMILES string of the molecule is Cc1nn(C(=O)c2c[nH]c(=O)cn2)c(C)c1N. The highest BCUT2D eigenvalue weighted by molar-refractivity contribution is 5.94. The molecule has 0 aliphatic carbocycles. The van der Waals surface area contributed by atoms with Crippen LogP contribution in [0.25, 0.3) is 0 Å². The minimum atomic E-state index is -0.432. The number of aryl methyl sites for hydroxylation is 1. The summed E-state index contributed by atoms with van der Waals surface area (Å²) in [5.74, 6) is -0.432. The lowest BCUT2D eigenvalue weighted by Crippen LogP contribution is -2.19. The van der Waals surface area contributed by atoms with Crippen LogP contribution in [0.3, 0.4) is 0 Å². The van der Waals surface area contributed by atoms with Gasteiger partial charge in [-0.05, 0) is 13.8 Å². The van der Waals surface area contributed by atoms with Crippen LogP contribution in [0.15, 0.2) is 17.2 Å². The van der Waals surface area contributed by atoms with Crippen LogP contribution in [-0.4, -0.2) is 25.7 Å². The van der Waals surface area contributed by atoms with Gasteiger partial charge >= 0.3 is 0 Å². The maximum absolute atomic E-state index is 12.0. The highest BCUT2D eigenvalue weighted by Crippen LogP contribution is 2.15. The molecule has 0 unspecified atom stereocenters. The molecule has 2 aromatic heterocycles. The highest BCUT2D eigenvalue weighted by Gasteiger charge is 2.17. The number of anilines is 1. The molecule has 0 radical (unpaired) electrons. The van der Waals surface area contributed by atoms with Gasteiger partial charge in [0, 0.05) is 6.20 Å². The molecule has 2 aromatic rings.